The van der Waals surface area contributed by atoms with E-state index in [1.54, 1.807) is 0 Å². The molecule has 18 heavy (non-hydrogen) atoms. The fourth-order valence-electron chi connectivity index (χ4n) is 2.12. The van der Waals surface area contributed by atoms with Crippen LogP contribution in [-0.2, 0) is 10.0 Å². The van der Waals surface area contributed by atoms with Crippen molar-refractivity contribution < 1.29 is 8.42 Å². The van der Waals surface area contributed by atoms with Crippen molar-refractivity contribution in [3.05, 3.63) is 29.8 Å². The molecule has 2 atom stereocenters. The molecule has 0 spiro atoms. The third-order valence-electron chi connectivity index (χ3n) is 3.58. The minimum Gasteiger partial charge on any atom is -0.207 e. The van der Waals surface area contributed by atoms with Gasteiger partial charge in [0, 0.05) is 13.1 Å². The van der Waals surface area contributed by atoms with Crippen molar-refractivity contribution in [3.8, 4) is 6.07 Å². The number of nitriles is 1. The van der Waals surface area contributed by atoms with Crippen molar-refractivity contribution in [2.24, 2.45) is 11.8 Å². The summed E-state index contributed by atoms with van der Waals surface area (Å²) in [6.07, 6.45) is 0. The molecule has 4 nitrogen and oxygen atoms in total. The Morgan fingerprint density at radius 3 is 2.11 bits per heavy atom. The summed E-state index contributed by atoms with van der Waals surface area (Å²) < 4.78 is 26.3. The summed E-state index contributed by atoms with van der Waals surface area (Å²) in [5.41, 5.74) is 0.470. The fraction of sp³-hybridized carbons (Fsp3) is 0.462. The summed E-state index contributed by atoms with van der Waals surface area (Å²) >= 11 is 0. The first-order valence-electron chi connectivity index (χ1n) is 5.95. The predicted molar refractivity (Wildman–Crippen MR) is 68.2 cm³/mol. The van der Waals surface area contributed by atoms with E-state index >= 15 is 0 Å². The van der Waals surface area contributed by atoms with Crippen LogP contribution in [0.15, 0.2) is 29.2 Å². The van der Waals surface area contributed by atoms with Crippen LogP contribution >= 0.6 is 0 Å². The summed E-state index contributed by atoms with van der Waals surface area (Å²) in [6.45, 7) is 5.28. The van der Waals surface area contributed by atoms with E-state index < -0.39 is 10.0 Å². The Morgan fingerprint density at radius 1 is 1.17 bits per heavy atom. The summed E-state index contributed by atoms with van der Waals surface area (Å²) in [5.74, 6) is 0.774. The van der Waals surface area contributed by atoms with Crippen LogP contribution in [-0.4, -0.2) is 25.8 Å². The first kappa shape index (κ1) is 13.1. The number of hydrogen-bond acceptors (Lipinski definition) is 3. The summed E-state index contributed by atoms with van der Waals surface area (Å²) in [5, 5.41) is 8.70. The summed E-state index contributed by atoms with van der Waals surface area (Å²) in [6, 6.07) is 8.06. The third-order valence-corrected chi connectivity index (χ3v) is 5.42. The minimum absolute atomic E-state index is 0.266. The highest BCUT2D eigenvalue weighted by Crippen LogP contribution is 2.27. The zero-order chi connectivity index (χ0) is 13.3. The SMILES string of the molecule is CC1CN(S(=O)(=O)c2ccc(C#N)cc2)CC1C. The lowest BCUT2D eigenvalue weighted by atomic mass is 10.0. The molecular formula is C13H16N2O2S. The lowest BCUT2D eigenvalue weighted by Gasteiger charge is -2.16. The fourth-order valence-corrected chi connectivity index (χ4v) is 3.76. The molecule has 0 amide bonds. The number of rotatable bonds is 2. The molecule has 0 bridgehead atoms. The molecule has 0 aromatic heterocycles. The molecule has 96 valence electrons. The molecule has 1 aliphatic heterocycles. The first-order chi connectivity index (χ1) is 8.45. The predicted octanol–water partition coefficient (Wildman–Crippen LogP) is 1.83. The van der Waals surface area contributed by atoms with Gasteiger partial charge in [-0.15, -0.1) is 0 Å². The van der Waals surface area contributed by atoms with Crippen LogP contribution in [0, 0.1) is 23.2 Å². The normalized spacial score (nSPS) is 24.9. The average Bonchev–Trinajstić information content (AvgIpc) is 2.70. The van der Waals surface area contributed by atoms with E-state index in [1.165, 1.54) is 28.6 Å². The number of sulfonamides is 1. The van der Waals surface area contributed by atoms with Crippen molar-refractivity contribution >= 4 is 10.0 Å². The molecule has 1 aliphatic rings. The van der Waals surface area contributed by atoms with Crippen molar-refractivity contribution in [1.29, 1.82) is 5.26 Å². The Balaban J connectivity index is 2.29. The maximum atomic E-state index is 12.4. The number of hydrogen-bond donors (Lipinski definition) is 0. The Labute approximate surface area is 108 Å². The molecule has 0 aliphatic carbocycles. The van der Waals surface area contributed by atoms with Crippen LogP contribution in [0.2, 0.25) is 0 Å². The Morgan fingerprint density at radius 2 is 1.67 bits per heavy atom. The molecule has 1 aromatic rings. The van der Waals surface area contributed by atoms with Crippen molar-refractivity contribution in [1.82, 2.24) is 4.31 Å². The van der Waals surface area contributed by atoms with E-state index in [1.807, 2.05) is 6.07 Å². The topological polar surface area (TPSA) is 61.2 Å². The van der Waals surface area contributed by atoms with E-state index in [9.17, 15) is 8.42 Å². The van der Waals surface area contributed by atoms with Gasteiger partial charge in [0.15, 0.2) is 0 Å². The standard InChI is InChI=1S/C13H16N2O2S/c1-10-8-15(9-11(10)2)18(16,17)13-5-3-12(7-14)4-6-13/h3-6,10-11H,8-9H2,1-2H3. The van der Waals surface area contributed by atoms with Gasteiger partial charge in [-0.1, -0.05) is 13.8 Å². The van der Waals surface area contributed by atoms with E-state index in [0.29, 0.717) is 30.5 Å². The van der Waals surface area contributed by atoms with Gasteiger partial charge in [-0.25, -0.2) is 8.42 Å². The van der Waals surface area contributed by atoms with Gasteiger partial charge in [0.05, 0.1) is 16.5 Å². The quantitative estimate of drug-likeness (QED) is 0.818. The van der Waals surface area contributed by atoms with Gasteiger partial charge in [-0.05, 0) is 36.1 Å². The maximum Gasteiger partial charge on any atom is 0.243 e. The molecule has 0 N–H and O–H groups in total. The summed E-state index contributed by atoms with van der Waals surface area (Å²) in [4.78, 5) is 0.266. The maximum absolute atomic E-state index is 12.4. The first-order valence-corrected chi connectivity index (χ1v) is 7.39. The highest BCUT2D eigenvalue weighted by Gasteiger charge is 2.34. The van der Waals surface area contributed by atoms with Crippen LogP contribution in [0.4, 0.5) is 0 Å². The van der Waals surface area contributed by atoms with E-state index in [4.69, 9.17) is 5.26 Å². The Hall–Kier alpha value is -1.38. The van der Waals surface area contributed by atoms with Crippen molar-refractivity contribution in [3.63, 3.8) is 0 Å². The number of benzene rings is 1. The number of nitrogens with zero attached hydrogens (tertiary/aromatic N) is 2. The lowest BCUT2D eigenvalue weighted by Crippen LogP contribution is -2.29. The molecule has 1 aromatic carbocycles. The van der Waals surface area contributed by atoms with Crippen LogP contribution in [0.1, 0.15) is 19.4 Å². The van der Waals surface area contributed by atoms with Crippen LogP contribution in [0.3, 0.4) is 0 Å². The van der Waals surface area contributed by atoms with Gasteiger partial charge < -0.3 is 0 Å². The molecule has 1 saturated heterocycles. The molecule has 2 rings (SSSR count). The second-order valence-electron chi connectivity index (χ2n) is 4.91. The average molecular weight is 264 g/mol. The third kappa shape index (κ3) is 2.26. The van der Waals surface area contributed by atoms with Crippen molar-refractivity contribution in [2.75, 3.05) is 13.1 Å². The van der Waals surface area contributed by atoms with Crippen LogP contribution in [0.5, 0.6) is 0 Å². The van der Waals surface area contributed by atoms with Gasteiger partial charge in [-0.3, -0.25) is 0 Å². The highest BCUT2D eigenvalue weighted by atomic mass is 32.2. The zero-order valence-corrected chi connectivity index (χ0v) is 11.3. The van der Waals surface area contributed by atoms with E-state index in [2.05, 4.69) is 13.8 Å². The molecular weight excluding hydrogens is 248 g/mol. The lowest BCUT2D eigenvalue weighted by molar-refractivity contribution is 0.463. The van der Waals surface area contributed by atoms with Crippen molar-refractivity contribution in [2.45, 2.75) is 18.7 Å². The molecule has 0 saturated carbocycles. The second-order valence-corrected chi connectivity index (χ2v) is 6.85. The van der Waals surface area contributed by atoms with Gasteiger partial charge >= 0.3 is 0 Å². The van der Waals surface area contributed by atoms with E-state index in [0.717, 1.165) is 0 Å². The Bertz CT molecular complexity index is 562. The smallest absolute Gasteiger partial charge is 0.207 e. The van der Waals surface area contributed by atoms with Gasteiger partial charge in [0.2, 0.25) is 10.0 Å². The molecule has 2 unspecified atom stereocenters. The molecule has 0 radical (unpaired) electrons. The van der Waals surface area contributed by atoms with Gasteiger partial charge in [-0.2, -0.15) is 9.57 Å². The minimum atomic E-state index is -3.41. The monoisotopic (exact) mass is 264 g/mol. The summed E-state index contributed by atoms with van der Waals surface area (Å²) in [7, 11) is -3.41. The van der Waals surface area contributed by atoms with Gasteiger partial charge in [0.1, 0.15) is 0 Å². The molecule has 1 fully saturated rings. The van der Waals surface area contributed by atoms with Crippen LogP contribution < -0.4 is 0 Å². The van der Waals surface area contributed by atoms with Crippen LogP contribution in [0.25, 0.3) is 0 Å². The Kier molecular flexibility index (Phi) is 3.42. The largest absolute Gasteiger partial charge is 0.243 e. The van der Waals surface area contributed by atoms with Gasteiger partial charge in [0.25, 0.3) is 0 Å². The van der Waals surface area contributed by atoms with E-state index in [-0.39, 0.29) is 4.90 Å². The molecule has 5 heteroatoms. The second kappa shape index (κ2) is 4.71. The molecule has 1 heterocycles. The zero-order valence-electron chi connectivity index (χ0n) is 10.5. The highest BCUT2D eigenvalue weighted by molar-refractivity contribution is 7.89.